The first-order chi connectivity index (χ1) is 10.8. The molecule has 0 radical (unpaired) electrons. The van der Waals surface area contributed by atoms with Gasteiger partial charge in [-0.1, -0.05) is 23.7 Å². The maximum absolute atomic E-state index is 12.8. The first-order valence-electron chi connectivity index (χ1n) is 6.97. The Morgan fingerprint density at radius 2 is 1.65 bits per heavy atom. The number of aliphatic hydroxyl groups excluding tert-OH is 1. The summed E-state index contributed by atoms with van der Waals surface area (Å²) < 4.78 is 0. The molecule has 0 saturated carbocycles. The van der Waals surface area contributed by atoms with E-state index in [4.69, 9.17) is 11.6 Å². The summed E-state index contributed by atoms with van der Waals surface area (Å²) in [7, 11) is 2.65. The zero-order valence-corrected chi connectivity index (χ0v) is 14.1. The first kappa shape index (κ1) is 16.3. The Kier molecular flexibility index (Phi) is 3.90. The molecular weight excluding hydrogens is 340 g/mol. The Bertz CT molecular complexity index is 669. The molecule has 0 aromatic heterocycles. The molecule has 8 heteroatoms. The van der Waals surface area contributed by atoms with Gasteiger partial charge in [-0.05, 0) is 17.7 Å². The molecule has 3 rings (SSSR count). The molecule has 2 aliphatic heterocycles. The fraction of sp³-hybridized carbons (Fsp3) is 0.400. The van der Waals surface area contributed by atoms with Crippen LogP contribution in [-0.2, 0) is 9.59 Å². The number of amides is 4. The van der Waals surface area contributed by atoms with Gasteiger partial charge in [0.15, 0.2) is 5.41 Å². The lowest BCUT2D eigenvalue weighted by Gasteiger charge is -2.43. The third kappa shape index (κ3) is 2.10. The molecule has 6 nitrogen and oxygen atoms in total. The minimum Gasteiger partial charge on any atom is -0.391 e. The second-order valence-corrected chi connectivity index (χ2v) is 7.24. The van der Waals surface area contributed by atoms with Crippen molar-refractivity contribution in [3.05, 3.63) is 34.9 Å². The van der Waals surface area contributed by atoms with Gasteiger partial charge in [0.1, 0.15) is 0 Å². The van der Waals surface area contributed by atoms with Gasteiger partial charge < -0.3 is 5.11 Å². The highest BCUT2D eigenvalue weighted by atomic mass is 35.5. The number of carbonyl (C=O) groups is 3. The van der Waals surface area contributed by atoms with Gasteiger partial charge in [-0.3, -0.25) is 19.4 Å². The fourth-order valence-electron chi connectivity index (χ4n) is 3.18. The van der Waals surface area contributed by atoms with E-state index in [9.17, 15) is 19.5 Å². The summed E-state index contributed by atoms with van der Waals surface area (Å²) in [5.74, 6) is -1.09. The SMILES string of the molecule is CN1C(=O)N(C)C(=O)C2(C1=O)C(O)CSC2c1ccc(Cl)cc1. The van der Waals surface area contributed by atoms with Crippen LogP contribution in [0.15, 0.2) is 24.3 Å². The lowest BCUT2D eigenvalue weighted by molar-refractivity contribution is -0.163. The zero-order valence-electron chi connectivity index (χ0n) is 12.5. The molecule has 0 aliphatic carbocycles. The molecule has 2 saturated heterocycles. The van der Waals surface area contributed by atoms with Gasteiger partial charge in [-0.25, -0.2) is 4.79 Å². The maximum Gasteiger partial charge on any atom is 0.332 e. The summed E-state index contributed by atoms with van der Waals surface area (Å²) >= 11 is 7.22. The number of carbonyl (C=O) groups excluding carboxylic acids is 3. The number of urea groups is 1. The number of hydrogen-bond donors (Lipinski definition) is 1. The van der Waals surface area contributed by atoms with Crippen molar-refractivity contribution >= 4 is 41.2 Å². The van der Waals surface area contributed by atoms with Crippen LogP contribution in [0.1, 0.15) is 10.8 Å². The molecule has 2 fully saturated rings. The predicted octanol–water partition coefficient (Wildman–Crippen LogP) is 1.53. The van der Waals surface area contributed by atoms with E-state index in [-0.39, 0.29) is 5.75 Å². The number of aliphatic hydroxyl groups is 1. The van der Waals surface area contributed by atoms with E-state index >= 15 is 0 Å². The second-order valence-electron chi connectivity index (χ2n) is 5.66. The van der Waals surface area contributed by atoms with Crippen molar-refractivity contribution in [2.24, 2.45) is 5.41 Å². The first-order valence-corrected chi connectivity index (χ1v) is 8.40. The van der Waals surface area contributed by atoms with Crippen LogP contribution in [0.3, 0.4) is 0 Å². The van der Waals surface area contributed by atoms with Crippen LogP contribution >= 0.6 is 23.4 Å². The van der Waals surface area contributed by atoms with Crippen LogP contribution in [0, 0.1) is 5.41 Å². The van der Waals surface area contributed by atoms with E-state index in [0.29, 0.717) is 10.6 Å². The van der Waals surface area contributed by atoms with Gasteiger partial charge in [0, 0.05) is 24.9 Å². The molecule has 2 heterocycles. The van der Waals surface area contributed by atoms with Crippen molar-refractivity contribution in [2.45, 2.75) is 11.4 Å². The average molecular weight is 355 g/mol. The highest BCUT2D eigenvalue weighted by Gasteiger charge is 2.67. The Balaban J connectivity index is 2.15. The number of imide groups is 2. The van der Waals surface area contributed by atoms with E-state index in [1.807, 2.05) is 0 Å². The summed E-state index contributed by atoms with van der Waals surface area (Å²) in [5.41, 5.74) is -0.968. The van der Waals surface area contributed by atoms with Crippen molar-refractivity contribution in [1.29, 1.82) is 0 Å². The number of halogens is 1. The number of hydrogen-bond acceptors (Lipinski definition) is 5. The molecule has 2 unspecified atom stereocenters. The van der Waals surface area contributed by atoms with Crippen molar-refractivity contribution < 1.29 is 19.5 Å². The third-order valence-electron chi connectivity index (χ3n) is 4.42. The topological polar surface area (TPSA) is 77.9 Å². The molecule has 0 bridgehead atoms. The Morgan fingerprint density at radius 1 is 1.13 bits per heavy atom. The van der Waals surface area contributed by atoms with E-state index in [1.165, 1.54) is 25.9 Å². The highest BCUT2D eigenvalue weighted by Crippen LogP contribution is 2.56. The molecule has 1 spiro atoms. The molecule has 23 heavy (non-hydrogen) atoms. The van der Waals surface area contributed by atoms with E-state index in [2.05, 4.69) is 0 Å². The zero-order chi connectivity index (χ0) is 16.9. The van der Waals surface area contributed by atoms with Gasteiger partial charge in [-0.2, -0.15) is 0 Å². The minimum atomic E-state index is -1.68. The largest absolute Gasteiger partial charge is 0.391 e. The van der Waals surface area contributed by atoms with Crippen molar-refractivity contribution in [3.63, 3.8) is 0 Å². The summed E-state index contributed by atoms with van der Waals surface area (Å²) in [6.45, 7) is 0. The normalized spacial score (nSPS) is 27.2. The molecule has 1 N–H and O–H groups in total. The van der Waals surface area contributed by atoms with Gasteiger partial charge in [0.05, 0.1) is 11.4 Å². The molecule has 1 aromatic rings. The second kappa shape index (κ2) is 5.51. The van der Waals surface area contributed by atoms with Gasteiger partial charge in [0.25, 0.3) is 0 Å². The van der Waals surface area contributed by atoms with Crippen molar-refractivity contribution in [2.75, 3.05) is 19.8 Å². The Morgan fingerprint density at radius 3 is 2.17 bits per heavy atom. The van der Waals surface area contributed by atoms with E-state index in [0.717, 1.165) is 9.80 Å². The molecule has 2 atom stereocenters. The Hall–Kier alpha value is -1.57. The number of thioether (sulfide) groups is 1. The minimum absolute atomic E-state index is 0.237. The van der Waals surface area contributed by atoms with Crippen molar-refractivity contribution in [3.8, 4) is 0 Å². The van der Waals surface area contributed by atoms with Crippen LogP contribution < -0.4 is 0 Å². The average Bonchev–Trinajstić information content (AvgIpc) is 2.89. The fourth-order valence-corrected chi connectivity index (χ4v) is 4.91. The van der Waals surface area contributed by atoms with Gasteiger partial charge in [0.2, 0.25) is 11.8 Å². The van der Waals surface area contributed by atoms with Crippen LogP contribution in [0.2, 0.25) is 5.02 Å². The van der Waals surface area contributed by atoms with E-state index in [1.54, 1.807) is 24.3 Å². The smallest absolute Gasteiger partial charge is 0.332 e. The molecule has 4 amide bonds. The lowest BCUT2D eigenvalue weighted by atomic mass is 9.73. The summed E-state index contributed by atoms with van der Waals surface area (Å²) in [4.78, 5) is 39.5. The lowest BCUT2D eigenvalue weighted by Crippen LogP contribution is -2.67. The van der Waals surface area contributed by atoms with Gasteiger partial charge >= 0.3 is 6.03 Å². The molecule has 2 aliphatic rings. The molecule has 122 valence electrons. The number of benzene rings is 1. The van der Waals surface area contributed by atoms with Crippen LogP contribution in [0.5, 0.6) is 0 Å². The maximum atomic E-state index is 12.8. The predicted molar refractivity (Wildman–Crippen MR) is 86.0 cm³/mol. The number of nitrogens with zero attached hydrogens (tertiary/aromatic N) is 2. The van der Waals surface area contributed by atoms with Crippen molar-refractivity contribution in [1.82, 2.24) is 9.80 Å². The number of rotatable bonds is 1. The molecular formula is C15H15ClN2O4S. The van der Waals surface area contributed by atoms with Crippen LogP contribution in [-0.4, -0.2) is 58.7 Å². The third-order valence-corrected chi connectivity index (χ3v) is 6.16. The number of barbiturate groups is 1. The molecule has 1 aromatic carbocycles. The quantitative estimate of drug-likeness (QED) is 0.774. The standard InChI is InChI=1S/C15H15ClN2O4S/c1-17-12(20)15(13(21)18(2)14(17)22)10(19)7-23-11(15)8-3-5-9(16)6-4-8/h3-6,10-11,19H,7H2,1-2H3. The summed E-state index contributed by atoms with van der Waals surface area (Å²) in [6, 6.07) is 6.12. The van der Waals surface area contributed by atoms with Crippen LogP contribution in [0.4, 0.5) is 4.79 Å². The summed E-state index contributed by atoms with van der Waals surface area (Å²) in [5, 5.41) is 10.5. The summed E-state index contributed by atoms with van der Waals surface area (Å²) in [6.07, 6.45) is -1.16. The monoisotopic (exact) mass is 354 g/mol. The van der Waals surface area contributed by atoms with Gasteiger partial charge in [-0.15, -0.1) is 11.8 Å². The van der Waals surface area contributed by atoms with E-state index < -0.39 is 34.6 Å². The highest BCUT2D eigenvalue weighted by molar-refractivity contribution is 8.00. The Labute approximate surface area is 142 Å². The van der Waals surface area contributed by atoms with Crippen LogP contribution in [0.25, 0.3) is 0 Å².